The lowest BCUT2D eigenvalue weighted by molar-refractivity contribution is 0.251. The van der Waals surface area contributed by atoms with Crippen LogP contribution in [0, 0.1) is 17.8 Å². The normalized spacial score (nSPS) is 39.4. The lowest BCUT2D eigenvalue weighted by atomic mass is 9.98. The van der Waals surface area contributed by atoms with Crippen LogP contribution in [-0.2, 0) is 0 Å². The molecule has 2 aliphatic rings. The highest BCUT2D eigenvalue weighted by Crippen LogP contribution is 2.23. The van der Waals surface area contributed by atoms with E-state index in [2.05, 4.69) is 24.1 Å². The van der Waals surface area contributed by atoms with Crippen molar-refractivity contribution in [3.63, 3.8) is 0 Å². The Kier molecular flexibility index (Phi) is 3.45. The van der Waals surface area contributed by atoms with E-state index in [4.69, 9.17) is 0 Å². The van der Waals surface area contributed by atoms with Gasteiger partial charge >= 0.3 is 0 Å². The Morgan fingerprint density at radius 2 is 2.21 bits per heavy atom. The summed E-state index contributed by atoms with van der Waals surface area (Å²) in [7, 11) is 0. The Morgan fingerprint density at radius 3 is 2.79 bits per heavy atom. The van der Waals surface area contributed by atoms with Crippen LogP contribution >= 0.6 is 0 Å². The van der Waals surface area contributed by atoms with E-state index in [0.717, 1.165) is 17.8 Å². The average Bonchev–Trinajstić information content (AvgIpc) is 2.77. The van der Waals surface area contributed by atoms with E-state index in [0.29, 0.717) is 0 Å². The summed E-state index contributed by atoms with van der Waals surface area (Å²) in [6.45, 7) is 11.2. The van der Waals surface area contributed by atoms with Gasteiger partial charge in [0, 0.05) is 13.1 Å². The van der Waals surface area contributed by atoms with Gasteiger partial charge in [-0.3, -0.25) is 0 Å². The number of hydrogen-bond acceptors (Lipinski definition) is 2. The van der Waals surface area contributed by atoms with E-state index in [-0.39, 0.29) is 0 Å². The maximum Gasteiger partial charge on any atom is 0.00249 e. The molecule has 0 amide bonds. The van der Waals surface area contributed by atoms with E-state index in [9.17, 15) is 0 Å². The minimum atomic E-state index is 0.885. The molecule has 82 valence electrons. The van der Waals surface area contributed by atoms with Crippen molar-refractivity contribution >= 4 is 0 Å². The first-order valence-electron chi connectivity index (χ1n) is 6.22. The summed E-state index contributed by atoms with van der Waals surface area (Å²) in [6, 6.07) is 0. The van der Waals surface area contributed by atoms with Crippen molar-refractivity contribution in [3.8, 4) is 0 Å². The maximum atomic E-state index is 3.49. The van der Waals surface area contributed by atoms with E-state index in [1.54, 1.807) is 0 Å². The Morgan fingerprint density at radius 1 is 1.36 bits per heavy atom. The molecule has 0 aromatic carbocycles. The first-order valence-corrected chi connectivity index (χ1v) is 6.22. The topological polar surface area (TPSA) is 15.3 Å². The molecule has 2 heterocycles. The molecule has 2 aliphatic heterocycles. The van der Waals surface area contributed by atoms with Gasteiger partial charge in [0.05, 0.1) is 0 Å². The molecule has 3 atom stereocenters. The van der Waals surface area contributed by atoms with Gasteiger partial charge in [-0.15, -0.1) is 0 Å². The number of nitrogens with one attached hydrogen (secondary N) is 1. The molecule has 2 heteroatoms. The first-order chi connectivity index (χ1) is 6.79. The molecule has 2 fully saturated rings. The van der Waals surface area contributed by atoms with E-state index >= 15 is 0 Å². The van der Waals surface area contributed by atoms with Gasteiger partial charge in [0.25, 0.3) is 0 Å². The summed E-state index contributed by atoms with van der Waals surface area (Å²) in [6.07, 6.45) is 2.81. The van der Waals surface area contributed by atoms with Gasteiger partial charge < -0.3 is 10.2 Å². The van der Waals surface area contributed by atoms with Crippen molar-refractivity contribution in [2.45, 2.75) is 26.7 Å². The lowest BCUT2D eigenvalue weighted by Gasteiger charge is -2.22. The van der Waals surface area contributed by atoms with E-state index in [1.807, 2.05) is 0 Å². The van der Waals surface area contributed by atoms with Crippen molar-refractivity contribution in [1.82, 2.24) is 10.2 Å². The summed E-state index contributed by atoms with van der Waals surface area (Å²) in [5.74, 6) is 2.78. The third kappa shape index (κ3) is 2.29. The molecular weight excluding hydrogens is 172 g/mol. The van der Waals surface area contributed by atoms with Crippen LogP contribution in [-0.4, -0.2) is 37.6 Å². The average molecular weight is 196 g/mol. The maximum absolute atomic E-state index is 3.49. The number of hydrogen-bond donors (Lipinski definition) is 1. The number of nitrogens with zero attached hydrogens (tertiary/aromatic N) is 1. The molecule has 0 aliphatic carbocycles. The molecule has 0 saturated carbocycles. The lowest BCUT2D eigenvalue weighted by Crippen LogP contribution is -2.30. The largest absolute Gasteiger partial charge is 0.316 e. The fraction of sp³-hybridized carbons (Fsp3) is 1.00. The first kappa shape index (κ1) is 10.4. The Hall–Kier alpha value is -0.0800. The number of likely N-dealkylation sites (tertiary alicyclic amines) is 1. The molecule has 2 nitrogen and oxygen atoms in total. The third-order valence-electron chi connectivity index (χ3n) is 4.12. The SMILES string of the molecule is CCC1CCN(C[C@@H]2CNC[C@H]2C)C1. The second-order valence-corrected chi connectivity index (χ2v) is 5.22. The fourth-order valence-electron chi connectivity index (χ4n) is 2.85. The van der Waals surface area contributed by atoms with Gasteiger partial charge in [0.1, 0.15) is 0 Å². The van der Waals surface area contributed by atoms with Crippen LogP contribution in [0.3, 0.4) is 0 Å². The summed E-state index contributed by atoms with van der Waals surface area (Å²) < 4.78 is 0. The van der Waals surface area contributed by atoms with Crippen LogP contribution in [0.1, 0.15) is 26.7 Å². The molecule has 2 saturated heterocycles. The van der Waals surface area contributed by atoms with Crippen molar-refractivity contribution in [3.05, 3.63) is 0 Å². The van der Waals surface area contributed by atoms with Crippen LogP contribution in [0.25, 0.3) is 0 Å². The Labute approximate surface area is 88.1 Å². The monoisotopic (exact) mass is 196 g/mol. The highest BCUT2D eigenvalue weighted by Gasteiger charge is 2.28. The Bertz CT molecular complexity index is 181. The second kappa shape index (κ2) is 4.63. The van der Waals surface area contributed by atoms with E-state index in [1.165, 1.54) is 45.6 Å². The number of rotatable bonds is 3. The predicted octanol–water partition coefficient (Wildman–Crippen LogP) is 1.57. The van der Waals surface area contributed by atoms with Crippen LogP contribution in [0.5, 0.6) is 0 Å². The molecule has 0 spiro atoms. The predicted molar refractivity (Wildman–Crippen MR) is 60.4 cm³/mol. The zero-order valence-electron chi connectivity index (χ0n) is 9.63. The highest BCUT2D eigenvalue weighted by molar-refractivity contribution is 4.83. The van der Waals surface area contributed by atoms with Crippen molar-refractivity contribution in [2.24, 2.45) is 17.8 Å². The van der Waals surface area contributed by atoms with Gasteiger partial charge in [0.15, 0.2) is 0 Å². The quantitative estimate of drug-likeness (QED) is 0.737. The minimum Gasteiger partial charge on any atom is -0.316 e. The van der Waals surface area contributed by atoms with E-state index < -0.39 is 0 Å². The van der Waals surface area contributed by atoms with Crippen molar-refractivity contribution in [2.75, 3.05) is 32.7 Å². The summed E-state index contributed by atoms with van der Waals surface area (Å²) >= 11 is 0. The molecule has 14 heavy (non-hydrogen) atoms. The molecular formula is C12H24N2. The highest BCUT2D eigenvalue weighted by atomic mass is 15.2. The second-order valence-electron chi connectivity index (χ2n) is 5.22. The van der Waals surface area contributed by atoms with Gasteiger partial charge in [-0.2, -0.15) is 0 Å². The summed E-state index contributed by atoms with van der Waals surface area (Å²) in [4.78, 5) is 2.68. The minimum absolute atomic E-state index is 0.885. The molecule has 1 unspecified atom stereocenters. The van der Waals surface area contributed by atoms with Gasteiger partial charge in [-0.1, -0.05) is 20.3 Å². The smallest absolute Gasteiger partial charge is 0.00249 e. The van der Waals surface area contributed by atoms with Gasteiger partial charge in [0.2, 0.25) is 0 Å². The van der Waals surface area contributed by atoms with Crippen LogP contribution in [0.2, 0.25) is 0 Å². The fourth-order valence-corrected chi connectivity index (χ4v) is 2.85. The Balaban J connectivity index is 1.75. The molecule has 0 radical (unpaired) electrons. The molecule has 1 N–H and O–H groups in total. The molecule has 0 aromatic rings. The third-order valence-corrected chi connectivity index (χ3v) is 4.12. The van der Waals surface area contributed by atoms with Gasteiger partial charge in [-0.05, 0) is 43.8 Å². The zero-order valence-corrected chi connectivity index (χ0v) is 9.63. The molecule has 2 rings (SSSR count). The molecule has 0 aromatic heterocycles. The van der Waals surface area contributed by atoms with Crippen molar-refractivity contribution < 1.29 is 0 Å². The standard InChI is InChI=1S/C12H24N2/c1-3-11-4-5-14(8-11)9-12-7-13-6-10(12)2/h10-13H,3-9H2,1-2H3/t10-,11?,12+/m1/s1. The van der Waals surface area contributed by atoms with Crippen LogP contribution in [0.4, 0.5) is 0 Å². The summed E-state index contributed by atoms with van der Waals surface area (Å²) in [5.41, 5.74) is 0. The van der Waals surface area contributed by atoms with Crippen LogP contribution in [0.15, 0.2) is 0 Å². The molecule has 0 bridgehead atoms. The zero-order chi connectivity index (χ0) is 9.97. The van der Waals surface area contributed by atoms with Crippen molar-refractivity contribution in [1.29, 1.82) is 0 Å². The summed E-state index contributed by atoms with van der Waals surface area (Å²) in [5, 5.41) is 3.49. The van der Waals surface area contributed by atoms with Gasteiger partial charge in [-0.25, -0.2) is 0 Å². The van der Waals surface area contributed by atoms with Crippen LogP contribution < -0.4 is 5.32 Å².